The minimum absolute atomic E-state index is 0.226. The van der Waals surface area contributed by atoms with Crippen LogP contribution in [-0.4, -0.2) is 58.6 Å². The molecule has 210 valence electrons. The van der Waals surface area contributed by atoms with Crippen LogP contribution in [0.25, 0.3) is 10.9 Å². The number of fused-ring (bicyclic) bond motifs is 1. The Balaban J connectivity index is 1.33. The lowest BCUT2D eigenvalue weighted by atomic mass is 9.88. The smallest absolute Gasteiger partial charge is 0.192 e. The van der Waals surface area contributed by atoms with Crippen molar-refractivity contribution in [1.29, 1.82) is 0 Å². The molecule has 0 spiro atoms. The van der Waals surface area contributed by atoms with Crippen molar-refractivity contribution in [2.75, 3.05) is 55.5 Å². The van der Waals surface area contributed by atoms with E-state index >= 15 is 0 Å². The topological polar surface area (TPSA) is 53.5 Å². The molecular weight excluding hydrogens is 498 g/mol. The van der Waals surface area contributed by atoms with Gasteiger partial charge in [-0.25, -0.2) is 9.97 Å². The second-order valence-corrected chi connectivity index (χ2v) is 18.0. The summed E-state index contributed by atoms with van der Waals surface area (Å²) in [5.74, 6) is 3.25. The zero-order valence-corrected chi connectivity index (χ0v) is 26.1. The molecule has 39 heavy (non-hydrogen) atoms. The molecule has 5 rings (SSSR count). The van der Waals surface area contributed by atoms with E-state index in [1.165, 1.54) is 24.1 Å². The van der Waals surface area contributed by atoms with Crippen LogP contribution in [-0.2, 0) is 4.43 Å². The molecule has 0 unspecified atom stereocenters. The molecule has 3 aromatic rings. The molecule has 1 N–H and O–H groups in total. The van der Waals surface area contributed by atoms with Gasteiger partial charge in [0.15, 0.2) is 8.32 Å². The third-order valence-electron chi connectivity index (χ3n) is 8.99. The number of benzene rings is 2. The highest BCUT2D eigenvalue weighted by Gasteiger charge is 2.37. The molecule has 2 aromatic carbocycles. The maximum atomic E-state index is 6.38. The van der Waals surface area contributed by atoms with Crippen molar-refractivity contribution in [3.8, 4) is 0 Å². The van der Waals surface area contributed by atoms with Gasteiger partial charge in [0.05, 0.1) is 12.1 Å². The Labute approximate surface area is 236 Å². The molecule has 1 aromatic heterocycles. The van der Waals surface area contributed by atoms with Gasteiger partial charge in [-0.3, -0.25) is 0 Å². The summed E-state index contributed by atoms with van der Waals surface area (Å²) < 4.78 is 6.38. The molecule has 1 saturated heterocycles. The second-order valence-electron chi connectivity index (χ2n) is 13.2. The van der Waals surface area contributed by atoms with Crippen molar-refractivity contribution < 1.29 is 4.43 Å². The van der Waals surface area contributed by atoms with Crippen LogP contribution < -0.4 is 15.1 Å². The lowest BCUT2D eigenvalue weighted by Crippen LogP contribution is -2.41. The fourth-order valence-corrected chi connectivity index (χ4v) is 6.41. The lowest BCUT2D eigenvalue weighted by molar-refractivity contribution is 0.301. The summed E-state index contributed by atoms with van der Waals surface area (Å²) in [5.41, 5.74) is 4.98. The Morgan fingerprint density at radius 3 is 2.36 bits per heavy atom. The first-order valence-corrected chi connectivity index (χ1v) is 17.6. The molecule has 2 aliphatic rings. The molecule has 0 atom stereocenters. The first kappa shape index (κ1) is 27.9. The molecule has 0 radical (unpaired) electrons. The molecule has 1 aliphatic heterocycles. The van der Waals surface area contributed by atoms with E-state index in [1.807, 2.05) is 0 Å². The van der Waals surface area contributed by atoms with E-state index in [9.17, 15) is 0 Å². The van der Waals surface area contributed by atoms with E-state index in [0.29, 0.717) is 11.8 Å². The van der Waals surface area contributed by atoms with Gasteiger partial charge in [0, 0.05) is 56.4 Å². The maximum absolute atomic E-state index is 6.38. The van der Waals surface area contributed by atoms with E-state index in [2.05, 4.69) is 106 Å². The van der Waals surface area contributed by atoms with E-state index in [-0.39, 0.29) is 5.04 Å². The summed E-state index contributed by atoms with van der Waals surface area (Å²) in [5, 5.41) is 4.98. The molecule has 2 fully saturated rings. The monoisotopic (exact) mass is 545 g/mol. The fraction of sp³-hybridized carbons (Fsp3) is 0.562. The number of anilines is 3. The number of nitrogens with zero attached hydrogens (tertiary/aromatic N) is 4. The van der Waals surface area contributed by atoms with Crippen LogP contribution >= 0.6 is 0 Å². The molecule has 1 aliphatic carbocycles. The molecule has 0 bridgehead atoms. The molecule has 1 saturated carbocycles. The predicted octanol–water partition coefficient (Wildman–Crippen LogP) is 7.39. The van der Waals surface area contributed by atoms with Crippen LogP contribution in [0.5, 0.6) is 0 Å². The third kappa shape index (κ3) is 6.25. The van der Waals surface area contributed by atoms with Crippen LogP contribution in [0.3, 0.4) is 0 Å². The largest absolute Gasteiger partial charge is 0.415 e. The maximum Gasteiger partial charge on any atom is 0.192 e. The predicted molar refractivity (Wildman–Crippen MR) is 168 cm³/mol. The second kappa shape index (κ2) is 11.1. The number of piperidine rings is 1. The highest BCUT2D eigenvalue weighted by atomic mass is 28.4. The van der Waals surface area contributed by atoms with Gasteiger partial charge in [-0.15, -0.1) is 0 Å². The minimum atomic E-state index is -1.74. The fourth-order valence-electron chi connectivity index (χ4n) is 5.37. The average molecular weight is 546 g/mol. The first-order chi connectivity index (χ1) is 18.5. The highest BCUT2D eigenvalue weighted by Crippen LogP contribution is 2.42. The van der Waals surface area contributed by atoms with Gasteiger partial charge >= 0.3 is 0 Å². The van der Waals surface area contributed by atoms with E-state index < -0.39 is 8.32 Å². The number of para-hydroxylation sites is 1. The molecule has 2 heterocycles. The minimum Gasteiger partial charge on any atom is -0.415 e. The van der Waals surface area contributed by atoms with Crippen LogP contribution in [0.4, 0.5) is 17.2 Å². The highest BCUT2D eigenvalue weighted by molar-refractivity contribution is 6.74. The van der Waals surface area contributed by atoms with Gasteiger partial charge in [-0.05, 0) is 79.6 Å². The quantitative estimate of drug-likeness (QED) is 0.223. The van der Waals surface area contributed by atoms with Crippen LogP contribution in [0.1, 0.15) is 69.7 Å². The van der Waals surface area contributed by atoms with Crippen LogP contribution in [0.2, 0.25) is 18.1 Å². The van der Waals surface area contributed by atoms with Gasteiger partial charge < -0.3 is 19.5 Å². The summed E-state index contributed by atoms with van der Waals surface area (Å²) in [6.07, 6.45) is 4.69. The van der Waals surface area contributed by atoms with Crippen molar-refractivity contribution in [2.45, 2.75) is 76.4 Å². The van der Waals surface area contributed by atoms with E-state index in [1.54, 1.807) is 0 Å². The number of hydrogen-bond acceptors (Lipinski definition) is 6. The molecule has 6 nitrogen and oxygen atoms in total. The Bertz CT molecular complexity index is 1290. The summed E-state index contributed by atoms with van der Waals surface area (Å²) in [7, 11) is 2.55. The lowest BCUT2D eigenvalue weighted by Gasteiger charge is -2.36. The van der Waals surface area contributed by atoms with Crippen molar-refractivity contribution in [3.63, 3.8) is 0 Å². The standard InChI is InChI=1S/C32H47N5OSi/c1-32(2,3)39(6,7)38-21-18-33-25-14-15-28-27(22-25)31(35-30(34-28)24-12-13-24)37-19-16-23(17-20-37)26-10-8-9-11-29(26)36(4)5/h8-11,14-15,22-24,33H,12-13,16-21H2,1-7H3. The van der Waals surface area contributed by atoms with E-state index in [4.69, 9.17) is 14.4 Å². The van der Waals surface area contributed by atoms with E-state index in [0.717, 1.165) is 67.3 Å². The normalized spacial score (nSPS) is 17.1. The Morgan fingerprint density at radius 2 is 1.69 bits per heavy atom. The molecular formula is C32H47N5OSi. The zero-order valence-electron chi connectivity index (χ0n) is 25.1. The summed E-state index contributed by atoms with van der Waals surface area (Å²) in [6.45, 7) is 15.0. The Kier molecular flexibility index (Phi) is 7.93. The Hall–Kier alpha value is -2.64. The summed E-state index contributed by atoms with van der Waals surface area (Å²) in [6, 6.07) is 15.5. The van der Waals surface area contributed by atoms with Gasteiger partial charge in [-0.2, -0.15) is 0 Å². The molecule has 7 heteroatoms. The average Bonchev–Trinajstić information content (AvgIpc) is 3.76. The van der Waals surface area contributed by atoms with Crippen molar-refractivity contribution in [2.24, 2.45) is 0 Å². The van der Waals surface area contributed by atoms with Gasteiger partial charge in [0.1, 0.15) is 11.6 Å². The van der Waals surface area contributed by atoms with Crippen LogP contribution in [0, 0.1) is 0 Å². The van der Waals surface area contributed by atoms with Crippen LogP contribution in [0.15, 0.2) is 42.5 Å². The summed E-state index contributed by atoms with van der Waals surface area (Å²) >= 11 is 0. The number of hydrogen-bond donors (Lipinski definition) is 1. The third-order valence-corrected chi connectivity index (χ3v) is 13.5. The first-order valence-electron chi connectivity index (χ1n) is 14.7. The Morgan fingerprint density at radius 1 is 0.974 bits per heavy atom. The van der Waals surface area contributed by atoms with Gasteiger partial charge in [0.25, 0.3) is 0 Å². The number of aromatic nitrogens is 2. The van der Waals surface area contributed by atoms with Crippen molar-refractivity contribution >= 4 is 36.4 Å². The SMILES string of the molecule is CN(C)c1ccccc1C1CCN(c2nc(C3CC3)nc3ccc(NCCO[Si](C)(C)C(C)(C)C)cc23)CC1. The van der Waals surface area contributed by atoms with Crippen molar-refractivity contribution in [3.05, 3.63) is 53.9 Å². The molecule has 0 amide bonds. The zero-order chi connectivity index (χ0) is 27.8. The van der Waals surface area contributed by atoms with Gasteiger partial charge in [0.2, 0.25) is 0 Å². The van der Waals surface area contributed by atoms with Crippen molar-refractivity contribution in [1.82, 2.24) is 9.97 Å². The number of rotatable bonds is 9. The number of nitrogens with one attached hydrogen (secondary N) is 1. The van der Waals surface area contributed by atoms with Gasteiger partial charge in [-0.1, -0.05) is 39.0 Å². The summed E-state index contributed by atoms with van der Waals surface area (Å²) in [4.78, 5) is 14.9.